The second-order valence-corrected chi connectivity index (χ2v) is 3.57. The lowest BCUT2D eigenvalue weighted by Gasteiger charge is -2.04. The van der Waals surface area contributed by atoms with Gasteiger partial charge in [-0.2, -0.15) is 0 Å². The molecule has 0 aliphatic heterocycles. The Balaban J connectivity index is 2.55. The number of Topliss-reactive ketones (excluding diaryl/α,β-unsaturated/α-hetero) is 2. The zero-order chi connectivity index (χ0) is 11.7. The molecular formula is C13H12O3. The number of fused-ring (bicyclic) bond motifs is 1. The predicted molar refractivity (Wildman–Crippen MR) is 59.4 cm³/mol. The number of allylic oxidation sites excluding steroid dienone is 2. The molecule has 0 amide bonds. The number of carbonyl (C=O) groups is 2. The minimum atomic E-state index is -0.230. The van der Waals surface area contributed by atoms with E-state index in [1.54, 1.807) is 31.2 Å². The van der Waals surface area contributed by atoms with Gasteiger partial charge in [0.15, 0.2) is 0 Å². The van der Waals surface area contributed by atoms with Gasteiger partial charge >= 0.3 is 0 Å². The maximum Gasteiger partial charge on any atom is 0.201 e. The molecule has 0 heterocycles. The Morgan fingerprint density at radius 1 is 1.12 bits per heavy atom. The number of carbonyl (C=O) groups excluding carboxylic acids is 2. The highest BCUT2D eigenvalue weighted by Gasteiger charge is 2.34. The third-order valence-corrected chi connectivity index (χ3v) is 2.58. The highest BCUT2D eigenvalue weighted by Crippen LogP contribution is 2.28. The van der Waals surface area contributed by atoms with E-state index in [1.165, 1.54) is 0 Å². The zero-order valence-corrected chi connectivity index (χ0v) is 9.24. The molecule has 0 atom stereocenters. The molecule has 1 aromatic rings. The molecule has 1 aliphatic rings. The number of hydrogen-bond donors (Lipinski definition) is 0. The standard InChI is InChI=1S/C13H12O3/c1-3-16-8(2)11-12(14)9-6-4-5-7-10(9)13(11)15/h4-7H,3H2,1-2H3. The average Bonchev–Trinajstić information content (AvgIpc) is 2.53. The van der Waals surface area contributed by atoms with Crippen LogP contribution in [0.25, 0.3) is 0 Å². The van der Waals surface area contributed by atoms with Crippen molar-refractivity contribution in [3.05, 3.63) is 46.7 Å². The first-order valence-corrected chi connectivity index (χ1v) is 5.19. The fraction of sp³-hybridized carbons (Fsp3) is 0.231. The van der Waals surface area contributed by atoms with Crippen LogP contribution in [0.3, 0.4) is 0 Å². The van der Waals surface area contributed by atoms with Crippen LogP contribution >= 0.6 is 0 Å². The van der Waals surface area contributed by atoms with Crippen molar-refractivity contribution in [2.45, 2.75) is 13.8 Å². The Labute approximate surface area is 93.7 Å². The first-order valence-electron chi connectivity index (χ1n) is 5.19. The van der Waals surface area contributed by atoms with Crippen LogP contribution in [-0.2, 0) is 4.74 Å². The van der Waals surface area contributed by atoms with Crippen LogP contribution in [0.2, 0.25) is 0 Å². The Hall–Kier alpha value is -1.90. The van der Waals surface area contributed by atoms with E-state index >= 15 is 0 Å². The molecule has 0 saturated carbocycles. The highest BCUT2D eigenvalue weighted by molar-refractivity contribution is 6.39. The van der Waals surface area contributed by atoms with Gasteiger partial charge in [0, 0.05) is 11.1 Å². The maximum absolute atomic E-state index is 12.0. The SMILES string of the molecule is CCOC(C)=C1C(=O)c2ccccc2C1=O. The van der Waals surface area contributed by atoms with E-state index in [1.807, 2.05) is 6.92 Å². The summed E-state index contributed by atoms with van der Waals surface area (Å²) in [5.41, 5.74) is 1.12. The van der Waals surface area contributed by atoms with E-state index in [9.17, 15) is 9.59 Å². The van der Waals surface area contributed by atoms with Crippen molar-refractivity contribution in [3.8, 4) is 0 Å². The fourth-order valence-electron chi connectivity index (χ4n) is 1.86. The lowest BCUT2D eigenvalue weighted by molar-refractivity contribution is 0.0973. The van der Waals surface area contributed by atoms with E-state index in [2.05, 4.69) is 0 Å². The smallest absolute Gasteiger partial charge is 0.201 e. The summed E-state index contributed by atoms with van der Waals surface area (Å²) in [5, 5.41) is 0. The maximum atomic E-state index is 12.0. The lowest BCUT2D eigenvalue weighted by Crippen LogP contribution is -2.06. The van der Waals surface area contributed by atoms with Gasteiger partial charge in [-0.25, -0.2) is 0 Å². The zero-order valence-electron chi connectivity index (χ0n) is 9.24. The number of ketones is 2. The van der Waals surface area contributed by atoms with Crippen molar-refractivity contribution < 1.29 is 14.3 Å². The van der Waals surface area contributed by atoms with Crippen LogP contribution in [0, 0.1) is 0 Å². The summed E-state index contributed by atoms with van der Waals surface area (Å²) in [6, 6.07) is 6.84. The second-order valence-electron chi connectivity index (χ2n) is 3.57. The van der Waals surface area contributed by atoms with Gasteiger partial charge in [0.1, 0.15) is 11.3 Å². The van der Waals surface area contributed by atoms with Crippen molar-refractivity contribution in [2.24, 2.45) is 0 Å². The number of benzene rings is 1. The van der Waals surface area contributed by atoms with E-state index in [4.69, 9.17) is 4.74 Å². The van der Waals surface area contributed by atoms with Crippen LogP contribution in [0.15, 0.2) is 35.6 Å². The quantitative estimate of drug-likeness (QED) is 0.433. The topological polar surface area (TPSA) is 43.4 Å². The number of rotatable bonds is 2. The summed E-state index contributed by atoms with van der Waals surface area (Å²) in [6.07, 6.45) is 0. The molecule has 82 valence electrons. The summed E-state index contributed by atoms with van der Waals surface area (Å²) in [6.45, 7) is 3.92. The molecule has 2 rings (SSSR count). The van der Waals surface area contributed by atoms with Gasteiger partial charge in [-0.05, 0) is 13.8 Å². The third-order valence-electron chi connectivity index (χ3n) is 2.58. The third kappa shape index (κ3) is 1.45. The van der Waals surface area contributed by atoms with Crippen molar-refractivity contribution in [1.29, 1.82) is 0 Å². The van der Waals surface area contributed by atoms with Crippen LogP contribution in [0.5, 0.6) is 0 Å². The predicted octanol–water partition coefficient (Wildman–Crippen LogP) is 2.38. The van der Waals surface area contributed by atoms with Crippen molar-refractivity contribution in [1.82, 2.24) is 0 Å². The van der Waals surface area contributed by atoms with Gasteiger partial charge in [-0.3, -0.25) is 9.59 Å². The van der Waals surface area contributed by atoms with E-state index < -0.39 is 0 Å². The Kier molecular flexibility index (Phi) is 2.60. The Morgan fingerprint density at radius 3 is 2.06 bits per heavy atom. The van der Waals surface area contributed by atoms with Crippen LogP contribution in [-0.4, -0.2) is 18.2 Å². The lowest BCUT2D eigenvalue weighted by atomic mass is 10.1. The van der Waals surface area contributed by atoms with Crippen LogP contribution < -0.4 is 0 Å². The first-order chi connectivity index (χ1) is 7.66. The van der Waals surface area contributed by atoms with Crippen LogP contribution in [0.1, 0.15) is 34.6 Å². The largest absolute Gasteiger partial charge is 0.498 e. The van der Waals surface area contributed by atoms with Gasteiger partial charge in [0.25, 0.3) is 0 Å². The molecule has 0 radical (unpaired) electrons. The van der Waals surface area contributed by atoms with Crippen molar-refractivity contribution in [3.63, 3.8) is 0 Å². The molecular weight excluding hydrogens is 204 g/mol. The van der Waals surface area contributed by atoms with Crippen molar-refractivity contribution >= 4 is 11.6 Å². The van der Waals surface area contributed by atoms with Gasteiger partial charge in [-0.1, -0.05) is 24.3 Å². The minimum Gasteiger partial charge on any atom is -0.498 e. The minimum absolute atomic E-state index is 0.169. The molecule has 0 fully saturated rings. The van der Waals surface area contributed by atoms with Gasteiger partial charge < -0.3 is 4.74 Å². The monoisotopic (exact) mass is 216 g/mol. The molecule has 0 spiro atoms. The highest BCUT2D eigenvalue weighted by atomic mass is 16.5. The molecule has 0 unspecified atom stereocenters. The molecule has 0 bridgehead atoms. The van der Waals surface area contributed by atoms with Gasteiger partial charge in [0.2, 0.25) is 11.6 Å². The van der Waals surface area contributed by atoms with Gasteiger partial charge in [-0.15, -0.1) is 0 Å². The molecule has 1 aliphatic carbocycles. The summed E-state index contributed by atoms with van der Waals surface area (Å²) >= 11 is 0. The summed E-state index contributed by atoms with van der Waals surface area (Å²) in [5.74, 6) is -0.0493. The summed E-state index contributed by atoms with van der Waals surface area (Å²) in [7, 11) is 0. The molecule has 0 saturated heterocycles. The summed E-state index contributed by atoms with van der Waals surface area (Å²) < 4.78 is 5.24. The number of hydrogen-bond acceptors (Lipinski definition) is 3. The first kappa shape index (κ1) is 10.6. The van der Waals surface area contributed by atoms with Crippen LogP contribution in [0.4, 0.5) is 0 Å². The molecule has 3 heteroatoms. The van der Waals surface area contributed by atoms with Gasteiger partial charge in [0.05, 0.1) is 6.61 Å². The second kappa shape index (κ2) is 3.93. The van der Waals surface area contributed by atoms with E-state index in [-0.39, 0.29) is 17.1 Å². The van der Waals surface area contributed by atoms with E-state index in [0.717, 1.165) is 0 Å². The molecule has 0 N–H and O–H groups in total. The number of ether oxygens (including phenoxy) is 1. The van der Waals surface area contributed by atoms with E-state index in [0.29, 0.717) is 23.5 Å². The summed E-state index contributed by atoms with van der Waals surface area (Å²) in [4.78, 5) is 23.9. The fourth-order valence-corrected chi connectivity index (χ4v) is 1.86. The molecule has 16 heavy (non-hydrogen) atoms. The molecule has 0 aromatic heterocycles. The molecule has 1 aromatic carbocycles. The molecule has 3 nitrogen and oxygen atoms in total. The Bertz CT molecular complexity index is 461. The average molecular weight is 216 g/mol. The normalized spacial score (nSPS) is 14.0. The Morgan fingerprint density at radius 2 is 1.62 bits per heavy atom. The van der Waals surface area contributed by atoms with Crippen molar-refractivity contribution in [2.75, 3.05) is 6.61 Å².